The number of carbonyl (C=O) groups is 1. The number of carbonyl (C=O) groups excluding carboxylic acids is 1. The molecule has 0 bridgehead atoms. The van der Waals surface area contributed by atoms with Crippen molar-refractivity contribution in [2.75, 3.05) is 11.9 Å². The third-order valence-electron chi connectivity index (χ3n) is 2.89. The third kappa shape index (κ3) is 2.83. The Balaban J connectivity index is 2.82. The quantitative estimate of drug-likeness (QED) is 0.820. The first kappa shape index (κ1) is 12.7. The van der Waals surface area contributed by atoms with Crippen LogP contribution < -0.4 is 11.1 Å². The molecule has 3 N–H and O–H groups in total. The van der Waals surface area contributed by atoms with Crippen LogP contribution in [0.15, 0.2) is 18.2 Å². The van der Waals surface area contributed by atoms with Gasteiger partial charge in [0.05, 0.1) is 5.41 Å². The molecule has 0 saturated carbocycles. The Morgan fingerprint density at radius 3 is 2.44 bits per heavy atom. The summed E-state index contributed by atoms with van der Waals surface area (Å²) in [5, 5.41) is 2.88. The second kappa shape index (κ2) is 4.66. The summed E-state index contributed by atoms with van der Waals surface area (Å²) in [6.45, 7) is 8.08. The van der Waals surface area contributed by atoms with Crippen molar-refractivity contribution in [3.63, 3.8) is 0 Å². The molecule has 0 saturated heterocycles. The number of amides is 1. The molecular formula is C13H20N2O. The number of aryl methyl sites for hydroxylation is 2. The lowest BCUT2D eigenvalue weighted by atomic mass is 9.92. The fourth-order valence-corrected chi connectivity index (χ4v) is 1.21. The molecule has 0 fully saturated rings. The SMILES string of the molecule is Cc1ccc(NC(=O)C(C)(C)CN)cc1C. The summed E-state index contributed by atoms with van der Waals surface area (Å²) in [5.41, 5.74) is 8.24. The Hall–Kier alpha value is -1.35. The lowest BCUT2D eigenvalue weighted by Gasteiger charge is -2.21. The van der Waals surface area contributed by atoms with Gasteiger partial charge in [0.25, 0.3) is 0 Å². The number of rotatable bonds is 3. The van der Waals surface area contributed by atoms with Crippen molar-refractivity contribution in [2.45, 2.75) is 27.7 Å². The molecule has 1 amide bonds. The van der Waals surface area contributed by atoms with Crippen LogP contribution in [0.5, 0.6) is 0 Å². The van der Waals surface area contributed by atoms with E-state index in [1.165, 1.54) is 11.1 Å². The molecule has 3 heteroatoms. The topological polar surface area (TPSA) is 55.1 Å². The molecule has 1 aromatic rings. The largest absolute Gasteiger partial charge is 0.329 e. The Bertz CT molecular complexity index is 397. The highest BCUT2D eigenvalue weighted by atomic mass is 16.2. The average molecular weight is 220 g/mol. The Kier molecular flexibility index (Phi) is 3.70. The second-order valence-corrected chi connectivity index (χ2v) is 4.84. The summed E-state index contributed by atoms with van der Waals surface area (Å²) in [6, 6.07) is 5.88. The molecule has 0 aromatic heterocycles. The van der Waals surface area contributed by atoms with Crippen LogP contribution in [0.4, 0.5) is 5.69 Å². The van der Waals surface area contributed by atoms with E-state index >= 15 is 0 Å². The number of hydrogen-bond donors (Lipinski definition) is 2. The lowest BCUT2D eigenvalue weighted by Crippen LogP contribution is -2.37. The Morgan fingerprint density at radius 1 is 1.31 bits per heavy atom. The number of nitrogens with two attached hydrogens (primary N) is 1. The van der Waals surface area contributed by atoms with Gasteiger partial charge in [0.2, 0.25) is 5.91 Å². The zero-order valence-corrected chi connectivity index (χ0v) is 10.4. The van der Waals surface area contributed by atoms with E-state index in [0.717, 1.165) is 5.69 Å². The van der Waals surface area contributed by atoms with Crippen LogP contribution in [0.25, 0.3) is 0 Å². The van der Waals surface area contributed by atoms with E-state index in [4.69, 9.17) is 5.73 Å². The molecule has 3 nitrogen and oxygen atoms in total. The van der Waals surface area contributed by atoms with Gasteiger partial charge in [0, 0.05) is 12.2 Å². The Morgan fingerprint density at radius 2 is 1.94 bits per heavy atom. The van der Waals surface area contributed by atoms with Crippen molar-refractivity contribution < 1.29 is 4.79 Å². The van der Waals surface area contributed by atoms with Crippen LogP contribution >= 0.6 is 0 Å². The molecule has 0 aliphatic heterocycles. The molecule has 1 aromatic carbocycles. The van der Waals surface area contributed by atoms with E-state index in [2.05, 4.69) is 5.32 Å². The van der Waals surface area contributed by atoms with Crippen LogP contribution in [0.2, 0.25) is 0 Å². The molecule has 0 spiro atoms. The molecule has 0 aliphatic rings. The highest BCUT2D eigenvalue weighted by Gasteiger charge is 2.25. The smallest absolute Gasteiger partial charge is 0.231 e. The van der Waals surface area contributed by atoms with E-state index in [1.54, 1.807) is 0 Å². The van der Waals surface area contributed by atoms with E-state index in [0.29, 0.717) is 6.54 Å². The van der Waals surface area contributed by atoms with Gasteiger partial charge in [-0.2, -0.15) is 0 Å². The number of hydrogen-bond acceptors (Lipinski definition) is 2. The van der Waals surface area contributed by atoms with E-state index in [-0.39, 0.29) is 5.91 Å². The highest BCUT2D eigenvalue weighted by molar-refractivity contribution is 5.95. The molecule has 0 radical (unpaired) electrons. The molecule has 88 valence electrons. The van der Waals surface area contributed by atoms with Crippen molar-refractivity contribution in [1.82, 2.24) is 0 Å². The van der Waals surface area contributed by atoms with Crippen LogP contribution in [-0.4, -0.2) is 12.5 Å². The minimum atomic E-state index is -0.529. The fraction of sp³-hybridized carbons (Fsp3) is 0.462. The third-order valence-corrected chi connectivity index (χ3v) is 2.89. The molecular weight excluding hydrogens is 200 g/mol. The highest BCUT2D eigenvalue weighted by Crippen LogP contribution is 2.19. The standard InChI is InChI=1S/C13H20N2O/c1-9-5-6-11(7-10(9)2)15-12(16)13(3,4)8-14/h5-7H,8,14H2,1-4H3,(H,15,16). The van der Waals surface area contributed by atoms with Gasteiger partial charge in [-0.1, -0.05) is 6.07 Å². The minimum Gasteiger partial charge on any atom is -0.329 e. The number of anilines is 1. The van der Waals surface area contributed by atoms with Crippen molar-refractivity contribution in [3.8, 4) is 0 Å². The summed E-state index contributed by atoms with van der Waals surface area (Å²) >= 11 is 0. The maximum atomic E-state index is 11.9. The molecule has 0 aliphatic carbocycles. The zero-order chi connectivity index (χ0) is 12.3. The predicted molar refractivity (Wildman–Crippen MR) is 67.4 cm³/mol. The van der Waals surface area contributed by atoms with Gasteiger partial charge in [-0.05, 0) is 51.0 Å². The second-order valence-electron chi connectivity index (χ2n) is 4.84. The lowest BCUT2D eigenvalue weighted by molar-refractivity contribution is -0.123. The zero-order valence-electron chi connectivity index (χ0n) is 10.4. The molecule has 16 heavy (non-hydrogen) atoms. The van der Waals surface area contributed by atoms with E-state index in [9.17, 15) is 4.79 Å². The monoisotopic (exact) mass is 220 g/mol. The number of nitrogens with one attached hydrogen (secondary N) is 1. The van der Waals surface area contributed by atoms with Crippen molar-refractivity contribution in [2.24, 2.45) is 11.1 Å². The van der Waals surface area contributed by atoms with Crippen LogP contribution in [-0.2, 0) is 4.79 Å². The summed E-state index contributed by atoms with van der Waals surface area (Å²) < 4.78 is 0. The van der Waals surface area contributed by atoms with Crippen LogP contribution in [0.1, 0.15) is 25.0 Å². The van der Waals surface area contributed by atoms with Crippen molar-refractivity contribution >= 4 is 11.6 Å². The summed E-state index contributed by atoms with van der Waals surface area (Å²) in [4.78, 5) is 11.9. The molecule has 1 rings (SSSR count). The predicted octanol–water partition coefficient (Wildman–Crippen LogP) is 2.23. The van der Waals surface area contributed by atoms with Gasteiger partial charge in [0.1, 0.15) is 0 Å². The van der Waals surface area contributed by atoms with Gasteiger partial charge >= 0.3 is 0 Å². The van der Waals surface area contributed by atoms with Gasteiger partial charge in [0.15, 0.2) is 0 Å². The van der Waals surface area contributed by atoms with Crippen molar-refractivity contribution in [3.05, 3.63) is 29.3 Å². The molecule has 0 unspecified atom stereocenters. The maximum Gasteiger partial charge on any atom is 0.231 e. The van der Waals surface area contributed by atoms with Gasteiger partial charge < -0.3 is 11.1 Å². The molecule has 0 atom stereocenters. The average Bonchev–Trinajstić information content (AvgIpc) is 2.23. The normalized spacial score (nSPS) is 11.3. The van der Waals surface area contributed by atoms with Gasteiger partial charge in [-0.3, -0.25) is 4.79 Å². The summed E-state index contributed by atoms with van der Waals surface area (Å²) in [7, 11) is 0. The first-order chi connectivity index (χ1) is 7.36. The first-order valence-electron chi connectivity index (χ1n) is 5.45. The van der Waals surface area contributed by atoms with Gasteiger partial charge in [-0.25, -0.2) is 0 Å². The van der Waals surface area contributed by atoms with Crippen LogP contribution in [0.3, 0.4) is 0 Å². The summed E-state index contributed by atoms with van der Waals surface area (Å²) in [6.07, 6.45) is 0. The van der Waals surface area contributed by atoms with Gasteiger partial charge in [-0.15, -0.1) is 0 Å². The van der Waals surface area contributed by atoms with Crippen molar-refractivity contribution in [1.29, 1.82) is 0 Å². The Labute approximate surface area is 97.0 Å². The van der Waals surface area contributed by atoms with E-state index in [1.807, 2.05) is 45.9 Å². The number of benzene rings is 1. The first-order valence-corrected chi connectivity index (χ1v) is 5.45. The fourth-order valence-electron chi connectivity index (χ4n) is 1.21. The van der Waals surface area contributed by atoms with E-state index < -0.39 is 5.41 Å². The summed E-state index contributed by atoms with van der Waals surface area (Å²) in [5.74, 6) is -0.0433. The van der Waals surface area contributed by atoms with Crippen LogP contribution in [0, 0.1) is 19.3 Å². The molecule has 0 heterocycles. The minimum absolute atomic E-state index is 0.0433. The maximum absolute atomic E-state index is 11.9.